The lowest BCUT2D eigenvalue weighted by Crippen LogP contribution is -2.66. The minimum absolute atomic E-state index is 0.0871. The van der Waals surface area contributed by atoms with Crippen LogP contribution in [0.3, 0.4) is 0 Å². The summed E-state index contributed by atoms with van der Waals surface area (Å²) >= 11 is 5.87. The number of halogens is 4. The predicted octanol–water partition coefficient (Wildman–Crippen LogP) is 4.56. The molecule has 5 rings (SSSR count). The molecular weight excluding hydrogens is 529 g/mol. The predicted molar refractivity (Wildman–Crippen MR) is 133 cm³/mol. The van der Waals surface area contributed by atoms with Crippen LogP contribution in [-0.2, 0) is 16.2 Å². The molecule has 2 atom stereocenters. The first kappa shape index (κ1) is 25.5. The molecule has 194 valence electrons. The zero-order valence-electron chi connectivity index (χ0n) is 19.3. The van der Waals surface area contributed by atoms with E-state index < -0.39 is 33.7 Å². The Bertz CT molecular complexity index is 1460. The summed E-state index contributed by atoms with van der Waals surface area (Å²) in [5.41, 5.74) is 6.13. The number of nitrogens with zero attached hydrogens (tertiary/aromatic N) is 3. The van der Waals surface area contributed by atoms with E-state index in [1.165, 1.54) is 16.4 Å². The lowest BCUT2D eigenvalue weighted by molar-refractivity contribution is -0.137. The average molecular weight is 551 g/mol. The van der Waals surface area contributed by atoms with E-state index in [0.29, 0.717) is 29.5 Å². The molecule has 2 N–H and O–H groups in total. The molecule has 2 aromatic carbocycles. The summed E-state index contributed by atoms with van der Waals surface area (Å²) in [5.74, 6) is -0.498. The Hall–Kier alpha value is -3.15. The summed E-state index contributed by atoms with van der Waals surface area (Å²) in [7, 11) is -3.87. The Morgan fingerprint density at radius 3 is 2.30 bits per heavy atom. The monoisotopic (exact) mass is 550 g/mol. The summed E-state index contributed by atoms with van der Waals surface area (Å²) in [6, 6.07) is 14.0. The highest BCUT2D eigenvalue weighted by atomic mass is 35.5. The van der Waals surface area contributed by atoms with Gasteiger partial charge in [0.2, 0.25) is 15.9 Å². The Morgan fingerprint density at radius 2 is 1.68 bits per heavy atom. The van der Waals surface area contributed by atoms with Gasteiger partial charge in [-0.15, -0.1) is 0 Å². The maximum Gasteiger partial charge on any atom is 0.416 e. The van der Waals surface area contributed by atoms with E-state index in [1.807, 2.05) is 0 Å². The third-order valence-electron chi connectivity index (χ3n) is 6.90. The van der Waals surface area contributed by atoms with Crippen LogP contribution < -0.4 is 10.6 Å². The summed E-state index contributed by atoms with van der Waals surface area (Å²) in [6.07, 6.45) is -3.37. The number of benzene rings is 2. The average Bonchev–Trinajstić information content (AvgIpc) is 2.83. The van der Waals surface area contributed by atoms with E-state index in [2.05, 4.69) is 4.98 Å². The molecule has 0 bridgehead atoms. The van der Waals surface area contributed by atoms with Crippen molar-refractivity contribution in [2.24, 2.45) is 5.73 Å². The van der Waals surface area contributed by atoms with Gasteiger partial charge >= 0.3 is 6.18 Å². The Kier molecular flexibility index (Phi) is 6.41. The number of primary amides is 1. The van der Waals surface area contributed by atoms with E-state index in [9.17, 15) is 26.4 Å². The van der Waals surface area contributed by atoms with Crippen molar-refractivity contribution < 1.29 is 26.4 Å². The highest BCUT2D eigenvalue weighted by molar-refractivity contribution is 7.89. The van der Waals surface area contributed by atoms with Gasteiger partial charge in [-0.1, -0.05) is 41.9 Å². The number of alkyl halides is 3. The number of hydrogen-bond acceptors (Lipinski definition) is 5. The van der Waals surface area contributed by atoms with Crippen molar-refractivity contribution in [1.82, 2.24) is 9.29 Å². The molecule has 2 unspecified atom stereocenters. The molecule has 1 aliphatic carbocycles. The maximum atomic E-state index is 13.5. The Balaban J connectivity index is 1.39. The van der Waals surface area contributed by atoms with Crippen LogP contribution in [0.4, 0.5) is 19.0 Å². The smallest absolute Gasteiger partial charge is 0.366 e. The number of fused-ring (bicyclic) bond motifs is 1. The van der Waals surface area contributed by atoms with Crippen molar-refractivity contribution in [2.45, 2.75) is 36.0 Å². The summed E-state index contributed by atoms with van der Waals surface area (Å²) in [6.45, 7) is 0.264. The number of rotatable bonds is 5. The van der Waals surface area contributed by atoms with E-state index in [4.69, 9.17) is 17.3 Å². The number of pyridine rings is 1. The number of carbonyl (C=O) groups is 1. The number of carbonyl (C=O) groups excluding carboxylic acids is 1. The fourth-order valence-electron chi connectivity index (χ4n) is 4.97. The van der Waals surface area contributed by atoms with Gasteiger partial charge in [0, 0.05) is 30.7 Å². The molecule has 2 heterocycles. The van der Waals surface area contributed by atoms with Crippen molar-refractivity contribution in [3.05, 3.63) is 76.9 Å². The number of aromatic nitrogens is 1. The molecule has 1 aromatic heterocycles. The molecule has 0 radical (unpaired) electrons. The third kappa shape index (κ3) is 4.67. The van der Waals surface area contributed by atoms with Crippen molar-refractivity contribution >= 4 is 33.3 Å². The lowest BCUT2D eigenvalue weighted by atomic mass is 9.83. The van der Waals surface area contributed by atoms with Crippen LogP contribution in [0.1, 0.15) is 28.8 Å². The molecular formula is C25H22ClF3N4O3S. The molecule has 7 nitrogen and oxygen atoms in total. The minimum Gasteiger partial charge on any atom is -0.366 e. The largest absolute Gasteiger partial charge is 0.416 e. The molecule has 1 saturated carbocycles. The van der Waals surface area contributed by atoms with Crippen molar-refractivity contribution in [3.8, 4) is 11.1 Å². The second-order valence-corrected chi connectivity index (χ2v) is 11.3. The molecule has 3 aromatic rings. The molecule has 1 amide bonds. The number of piperazine rings is 1. The number of amides is 1. The van der Waals surface area contributed by atoms with Gasteiger partial charge in [-0.2, -0.15) is 17.5 Å². The van der Waals surface area contributed by atoms with Gasteiger partial charge in [0.15, 0.2) is 0 Å². The molecule has 1 saturated heterocycles. The second kappa shape index (κ2) is 9.30. The molecule has 12 heteroatoms. The zero-order valence-corrected chi connectivity index (χ0v) is 20.9. The van der Waals surface area contributed by atoms with Gasteiger partial charge in [0.1, 0.15) is 11.0 Å². The maximum absolute atomic E-state index is 13.5. The normalized spacial score (nSPS) is 20.3. The molecule has 2 aliphatic rings. The minimum atomic E-state index is -4.57. The zero-order chi connectivity index (χ0) is 26.5. The van der Waals surface area contributed by atoms with Gasteiger partial charge in [-0.05, 0) is 54.3 Å². The molecule has 1 aliphatic heterocycles. The van der Waals surface area contributed by atoms with Crippen LogP contribution in [0.2, 0.25) is 5.15 Å². The summed E-state index contributed by atoms with van der Waals surface area (Å²) < 4.78 is 68.4. The first-order valence-electron chi connectivity index (χ1n) is 11.5. The number of sulfonamides is 1. The topological polar surface area (TPSA) is 96.6 Å². The fraction of sp³-hybridized carbons (Fsp3) is 0.280. The van der Waals surface area contributed by atoms with E-state index >= 15 is 0 Å². The molecule has 37 heavy (non-hydrogen) atoms. The standard InChI is InChI=1S/C25H22ClF3N4O3S/c26-22-13-16(25(27,28)29)14-23(31-22)32-11-12-33(21-10-9-20(21)32)37(35,36)17-7-5-15(6-8-17)18-3-1-2-4-19(18)24(30)34/h1-8,13-14,20-21H,9-12H2,(H2,30,34). The third-order valence-corrected chi connectivity index (χ3v) is 9.03. The number of nitrogens with two attached hydrogens (primary N) is 1. The highest BCUT2D eigenvalue weighted by Crippen LogP contribution is 2.40. The van der Waals surface area contributed by atoms with Gasteiger partial charge in [0.25, 0.3) is 0 Å². The Labute approximate surface area is 216 Å². The van der Waals surface area contributed by atoms with Gasteiger partial charge in [-0.3, -0.25) is 4.79 Å². The van der Waals surface area contributed by atoms with Crippen LogP contribution in [0, 0.1) is 0 Å². The van der Waals surface area contributed by atoms with E-state index in [-0.39, 0.29) is 35.0 Å². The Morgan fingerprint density at radius 1 is 1.00 bits per heavy atom. The van der Waals surface area contributed by atoms with Crippen LogP contribution in [-0.4, -0.2) is 48.8 Å². The second-order valence-electron chi connectivity index (χ2n) is 8.99. The highest BCUT2D eigenvalue weighted by Gasteiger charge is 2.48. The quantitative estimate of drug-likeness (QED) is 0.470. The van der Waals surface area contributed by atoms with Crippen molar-refractivity contribution in [1.29, 1.82) is 0 Å². The summed E-state index contributed by atoms with van der Waals surface area (Å²) in [4.78, 5) is 17.7. The van der Waals surface area contributed by atoms with E-state index in [0.717, 1.165) is 12.1 Å². The first-order chi connectivity index (χ1) is 17.5. The van der Waals surface area contributed by atoms with Crippen molar-refractivity contribution in [3.63, 3.8) is 0 Å². The van der Waals surface area contributed by atoms with Crippen LogP contribution in [0.15, 0.2) is 65.6 Å². The molecule has 0 spiro atoms. The SMILES string of the molecule is NC(=O)c1ccccc1-c1ccc(S(=O)(=O)N2CCN(c3cc(C(F)(F)F)cc(Cl)n3)C3CCC32)cc1. The first-order valence-corrected chi connectivity index (χ1v) is 13.3. The van der Waals surface area contributed by atoms with Crippen LogP contribution >= 0.6 is 11.6 Å². The van der Waals surface area contributed by atoms with Crippen LogP contribution in [0.5, 0.6) is 0 Å². The van der Waals surface area contributed by atoms with Gasteiger partial charge in [0.05, 0.1) is 10.5 Å². The number of hydrogen-bond donors (Lipinski definition) is 1. The molecule has 2 fully saturated rings. The number of anilines is 1. The fourth-order valence-corrected chi connectivity index (χ4v) is 6.85. The van der Waals surface area contributed by atoms with E-state index in [1.54, 1.807) is 41.3 Å². The summed E-state index contributed by atoms with van der Waals surface area (Å²) in [5, 5.41) is -0.270. The van der Waals surface area contributed by atoms with Crippen molar-refractivity contribution in [2.75, 3.05) is 18.0 Å². The van der Waals surface area contributed by atoms with Gasteiger partial charge in [-0.25, -0.2) is 13.4 Å². The lowest BCUT2D eigenvalue weighted by Gasteiger charge is -2.53. The van der Waals surface area contributed by atoms with Gasteiger partial charge < -0.3 is 10.6 Å². The van der Waals surface area contributed by atoms with Crippen LogP contribution in [0.25, 0.3) is 11.1 Å².